The van der Waals surface area contributed by atoms with Gasteiger partial charge in [-0.2, -0.15) is 0 Å². The van der Waals surface area contributed by atoms with Crippen molar-refractivity contribution >= 4 is 0 Å². The first-order chi connectivity index (χ1) is 9.25. The van der Waals surface area contributed by atoms with Gasteiger partial charge in [-0.1, -0.05) is 81.1 Å². The van der Waals surface area contributed by atoms with Crippen molar-refractivity contribution in [3.8, 4) is 0 Å². The Labute approximate surface area is 130 Å². The Bertz CT molecular complexity index is 131. The van der Waals surface area contributed by atoms with Crippen LogP contribution in [-0.2, 0) is 0 Å². The Morgan fingerprint density at radius 3 is 1.25 bits per heavy atom. The third-order valence-electron chi connectivity index (χ3n) is 3.26. The Hall–Kier alpha value is -0.0400. The lowest BCUT2D eigenvalue weighted by molar-refractivity contribution is 0.483. The topological polar surface area (TPSA) is 12.0 Å². The Morgan fingerprint density at radius 1 is 0.550 bits per heavy atom. The fourth-order valence-corrected chi connectivity index (χ4v) is 1.89. The van der Waals surface area contributed by atoms with Crippen molar-refractivity contribution in [2.75, 3.05) is 13.1 Å². The van der Waals surface area contributed by atoms with E-state index in [9.17, 15) is 0 Å². The Morgan fingerprint density at radius 2 is 0.950 bits per heavy atom. The molecule has 0 aromatic carbocycles. The molecular weight excluding hydrogens is 242 g/mol. The quantitative estimate of drug-likeness (QED) is 0.476. The first-order valence-corrected chi connectivity index (χ1v) is 8.96. The molecule has 0 atom stereocenters. The minimum Gasteiger partial charge on any atom is -0.316 e. The summed E-state index contributed by atoms with van der Waals surface area (Å²) in [5.74, 6) is 3.41. The molecular formula is C19H43N. The van der Waals surface area contributed by atoms with Crippen LogP contribution < -0.4 is 5.32 Å². The highest BCUT2D eigenvalue weighted by Crippen LogP contribution is 2.11. The molecule has 1 heteroatoms. The maximum absolute atomic E-state index is 3.42. The van der Waals surface area contributed by atoms with E-state index < -0.39 is 0 Å². The van der Waals surface area contributed by atoms with Crippen molar-refractivity contribution in [1.82, 2.24) is 5.32 Å². The molecule has 0 fully saturated rings. The van der Waals surface area contributed by atoms with E-state index >= 15 is 0 Å². The number of rotatable bonds is 10. The van der Waals surface area contributed by atoms with E-state index in [1.54, 1.807) is 0 Å². The molecule has 0 rings (SSSR count). The highest BCUT2D eigenvalue weighted by atomic mass is 14.8. The zero-order valence-electron chi connectivity index (χ0n) is 15.8. The summed E-state index contributed by atoms with van der Waals surface area (Å²) in [4.78, 5) is 0. The van der Waals surface area contributed by atoms with E-state index in [0.29, 0.717) is 0 Å². The van der Waals surface area contributed by atoms with Gasteiger partial charge in [-0.3, -0.25) is 0 Å². The average Bonchev–Trinajstić information content (AvgIpc) is 2.30. The maximum atomic E-state index is 3.42. The van der Waals surface area contributed by atoms with Crippen molar-refractivity contribution in [2.45, 2.75) is 87.5 Å². The molecule has 0 heterocycles. The van der Waals surface area contributed by atoms with E-state index in [0.717, 1.165) is 30.2 Å². The smallest absolute Gasteiger partial charge is 0.00258 e. The lowest BCUT2D eigenvalue weighted by Crippen LogP contribution is -2.21. The predicted octanol–water partition coefficient (Wildman–Crippen LogP) is 6.14. The highest BCUT2D eigenvalue weighted by molar-refractivity contribution is 4.53. The number of unbranched alkanes of at least 4 members (excludes halogenated alkanes) is 1. The largest absolute Gasteiger partial charge is 0.316 e. The molecule has 0 aromatic heterocycles. The third-order valence-corrected chi connectivity index (χ3v) is 3.26. The summed E-state index contributed by atoms with van der Waals surface area (Å²) in [6.07, 6.45) is 6.97. The van der Waals surface area contributed by atoms with Gasteiger partial charge in [0, 0.05) is 0 Å². The van der Waals surface area contributed by atoms with Crippen LogP contribution in [0.1, 0.15) is 87.5 Å². The summed E-state index contributed by atoms with van der Waals surface area (Å²) in [5.41, 5.74) is 0. The maximum Gasteiger partial charge on any atom is -0.00258 e. The van der Waals surface area contributed by atoms with Gasteiger partial charge in [0.15, 0.2) is 0 Å². The second kappa shape index (κ2) is 15.4. The summed E-state index contributed by atoms with van der Waals surface area (Å²) < 4.78 is 0. The monoisotopic (exact) mass is 285 g/mol. The molecule has 0 aromatic rings. The summed E-state index contributed by atoms with van der Waals surface area (Å²) in [6, 6.07) is 0. The minimum atomic E-state index is 0.784. The number of hydrogen-bond donors (Lipinski definition) is 1. The molecule has 0 unspecified atom stereocenters. The molecule has 1 nitrogen and oxygen atoms in total. The van der Waals surface area contributed by atoms with Gasteiger partial charge in [-0.25, -0.2) is 0 Å². The summed E-state index contributed by atoms with van der Waals surface area (Å²) in [6.45, 7) is 20.5. The number of nitrogens with one attached hydrogen (secondary N) is 1. The SMILES string of the molecule is CC(C)CCCCC(C)C.CC(C)CCNCC(C)C. The van der Waals surface area contributed by atoms with E-state index in [2.05, 4.69) is 60.7 Å². The van der Waals surface area contributed by atoms with Crippen molar-refractivity contribution < 1.29 is 0 Å². The molecule has 0 aliphatic rings. The van der Waals surface area contributed by atoms with Crippen LogP contribution in [0, 0.1) is 23.7 Å². The first-order valence-electron chi connectivity index (χ1n) is 8.96. The molecule has 0 radical (unpaired) electrons. The van der Waals surface area contributed by atoms with Gasteiger partial charge in [-0.05, 0) is 43.2 Å². The van der Waals surface area contributed by atoms with E-state index in [1.807, 2.05) is 0 Å². The van der Waals surface area contributed by atoms with Crippen LogP contribution in [0.5, 0.6) is 0 Å². The summed E-state index contributed by atoms with van der Waals surface area (Å²) in [5, 5.41) is 3.42. The van der Waals surface area contributed by atoms with E-state index in [4.69, 9.17) is 0 Å². The van der Waals surface area contributed by atoms with Crippen LogP contribution in [-0.4, -0.2) is 13.1 Å². The molecule has 0 saturated carbocycles. The van der Waals surface area contributed by atoms with E-state index in [1.165, 1.54) is 38.6 Å². The van der Waals surface area contributed by atoms with Crippen molar-refractivity contribution in [1.29, 1.82) is 0 Å². The molecule has 0 aliphatic carbocycles. The average molecular weight is 286 g/mol. The summed E-state index contributed by atoms with van der Waals surface area (Å²) in [7, 11) is 0. The molecule has 0 saturated heterocycles. The van der Waals surface area contributed by atoms with Crippen LogP contribution >= 0.6 is 0 Å². The molecule has 0 aliphatic heterocycles. The summed E-state index contributed by atoms with van der Waals surface area (Å²) >= 11 is 0. The van der Waals surface area contributed by atoms with Gasteiger partial charge in [0.05, 0.1) is 0 Å². The van der Waals surface area contributed by atoms with Crippen LogP contribution in [0.3, 0.4) is 0 Å². The Balaban J connectivity index is 0. The fraction of sp³-hybridized carbons (Fsp3) is 1.00. The zero-order chi connectivity index (χ0) is 16.0. The predicted molar refractivity (Wildman–Crippen MR) is 95.3 cm³/mol. The van der Waals surface area contributed by atoms with Crippen molar-refractivity contribution in [3.63, 3.8) is 0 Å². The minimum absolute atomic E-state index is 0.784. The Kier molecular flexibility index (Phi) is 17.1. The van der Waals surface area contributed by atoms with Gasteiger partial charge in [-0.15, -0.1) is 0 Å². The zero-order valence-corrected chi connectivity index (χ0v) is 15.8. The molecule has 0 bridgehead atoms. The molecule has 0 amide bonds. The lowest BCUT2D eigenvalue weighted by Gasteiger charge is -2.08. The van der Waals surface area contributed by atoms with Gasteiger partial charge < -0.3 is 5.32 Å². The van der Waals surface area contributed by atoms with Crippen LogP contribution in [0.2, 0.25) is 0 Å². The molecule has 1 N–H and O–H groups in total. The molecule has 0 spiro atoms. The van der Waals surface area contributed by atoms with Gasteiger partial charge in [0.1, 0.15) is 0 Å². The van der Waals surface area contributed by atoms with Gasteiger partial charge in [0.25, 0.3) is 0 Å². The number of hydrogen-bond acceptors (Lipinski definition) is 1. The normalized spacial score (nSPS) is 11.4. The van der Waals surface area contributed by atoms with Crippen molar-refractivity contribution in [2.24, 2.45) is 23.7 Å². The highest BCUT2D eigenvalue weighted by Gasteiger charge is 1.96. The van der Waals surface area contributed by atoms with Crippen LogP contribution in [0.25, 0.3) is 0 Å². The lowest BCUT2D eigenvalue weighted by atomic mass is 10.0. The fourth-order valence-electron chi connectivity index (χ4n) is 1.89. The second-order valence-corrected chi connectivity index (χ2v) is 7.85. The van der Waals surface area contributed by atoms with Crippen LogP contribution in [0.4, 0.5) is 0 Å². The van der Waals surface area contributed by atoms with Crippen LogP contribution in [0.15, 0.2) is 0 Å². The van der Waals surface area contributed by atoms with E-state index in [-0.39, 0.29) is 0 Å². The second-order valence-electron chi connectivity index (χ2n) is 7.85. The molecule has 20 heavy (non-hydrogen) atoms. The third kappa shape index (κ3) is 26.5. The van der Waals surface area contributed by atoms with Gasteiger partial charge in [0.2, 0.25) is 0 Å². The standard InChI is InChI=1S/C10H22.C9H21N/c1-9(2)7-5-6-8-10(3)4;1-8(2)5-6-10-7-9(3)4/h9-10H,5-8H2,1-4H3;8-10H,5-7H2,1-4H3. The first kappa shape index (κ1) is 22.2. The van der Waals surface area contributed by atoms with Crippen molar-refractivity contribution in [3.05, 3.63) is 0 Å². The van der Waals surface area contributed by atoms with Gasteiger partial charge >= 0.3 is 0 Å². The molecule has 124 valence electrons.